The average Bonchev–Trinajstić information content (AvgIpc) is 2.57. The molecule has 0 bridgehead atoms. The van der Waals surface area contributed by atoms with Gasteiger partial charge in [-0.2, -0.15) is 18.4 Å². The van der Waals surface area contributed by atoms with Gasteiger partial charge < -0.3 is 0 Å². The zero-order valence-corrected chi connectivity index (χ0v) is 16.0. The van der Waals surface area contributed by atoms with E-state index in [9.17, 15) is 18.4 Å². The summed E-state index contributed by atoms with van der Waals surface area (Å²) in [6.07, 6.45) is -4.85. The van der Waals surface area contributed by atoms with Crippen LogP contribution in [0.15, 0.2) is 30.3 Å². The van der Waals surface area contributed by atoms with Gasteiger partial charge in [0.1, 0.15) is 5.92 Å². The third-order valence-electron chi connectivity index (χ3n) is 3.68. The van der Waals surface area contributed by atoms with E-state index in [-0.39, 0.29) is 36.7 Å². The highest BCUT2D eigenvalue weighted by Gasteiger charge is 2.39. The van der Waals surface area contributed by atoms with Crippen LogP contribution >= 0.6 is 46.4 Å². The van der Waals surface area contributed by atoms with Crippen molar-refractivity contribution in [2.75, 3.05) is 0 Å². The summed E-state index contributed by atoms with van der Waals surface area (Å²) in [7, 11) is 0. The molecule has 2 aromatic carbocycles. The number of benzene rings is 2. The van der Waals surface area contributed by atoms with E-state index >= 15 is 0 Å². The van der Waals surface area contributed by atoms with E-state index in [1.165, 1.54) is 30.3 Å². The molecule has 0 aliphatic rings. The van der Waals surface area contributed by atoms with E-state index in [1.54, 1.807) is 0 Å². The summed E-state index contributed by atoms with van der Waals surface area (Å²) in [4.78, 5) is 7.65. The molecule has 3 aromatic rings. The summed E-state index contributed by atoms with van der Waals surface area (Å²) in [5.41, 5.74) is -1.79. The van der Waals surface area contributed by atoms with Crippen molar-refractivity contribution in [3.63, 3.8) is 0 Å². The van der Waals surface area contributed by atoms with Crippen LogP contribution in [0.25, 0.3) is 11.0 Å². The largest absolute Gasteiger partial charge is 0.435 e. The van der Waals surface area contributed by atoms with Crippen LogP contribution in [0, 0.1) is 11.3 Å². The Kier molecular flexibility index (Phi) is 5.42. The van der Waals surface area contributed by atoms with Crippen molar-refractivity contribution in [3.05, 3.63) is 67.4 Å². The number of nitrogens with zero attached hydrogens (tertiary/aromatic N) is 3. The summed E-state index contributed by atoms with van der Waals surface area (Å²) in [6, 6.07) is 8.41. The second-order valence-corrected chi connectivity index (χ2v) is 7.10. The van der Waals surface area contributed by atoms with Gasteiger partial charge in [-0.05, 0) is 29.8 Å². The van der Waals surface area contributed by atoms with Crippen LogP contribution in [0.5, 0.6) is 0 Å². The first-order valence-electron chi connectivity index (χ1n) is 7.20. The van der Waals surface area contributed by atoms with E-state index in [0.29, 0.717) is 0 Å². The Balaban J connectivity index is 2.33. The van der Waals surface area contributed by atoms with Gasteiger partial charge >= 0.3 is 6.18 Å². The molecule has 0 N–H and O–H groups in total. The fourth-order valence-electron chi connectivity index (χ4n) is 2.49. The predicted octanol–water partition coefficient (Wildman–Crippen LogP) is 6.92. The highest BCUT2D eigenvalue weighted by Crippen LogP contribution is 2.39. The maximum Gasteiger partial charge on any atom is 0.435 e. The lowest BCUT2D eigenvalue weighted by Crippen LogP contribution is -2.17. The summed E-state index contributed by atoms with van der Waals surface area (Å²) in [6.45, 7) is 0. The first-order valence-corrected chi connectivity index (χ1v) is 8.71. The molecule has 27 heavy (non-hydrogen) atoms. The smallest absolute Gasteiger partial charge is 0.247 e. The van der Waals surface area contributed by atoms with Gasteiger partial charge in [0, 0.05) is 10.0 Å². The van der Waals surface area contributed by atoms with Gasteiger partial charge in [0.2, 0.25) is 0 Å². The normalized spacial score (nSPS) is 12.8. The van der Waals surface area contributed by atoms with Gasteiger partial charge in [0.05, 0.1) is 32.8 Å². The molecule has 138 valence electrons. The SMILES string of the molecule is N#CC(c1ccc(Cl)cc1Cl)c1nc2cc(Cl)c(Cl)cc2nc1C(F)(F)F. The number of aromatic nitrogens is 2. The molecule has 3 nitrogen and oxygen atoms in total. The third-order valence-corrected chi connectivity index (χ3v) is 4.96. The number of alkyl halides is 3. The Labute approximate surface area is 171 Å². The van der Waals surface area contributed by atoms with Crippen LogP contribution in [0.2, 0.25) is 20.1 Å². The van der Waals surface area contributed by atoms with Crippen molar-refractivity contribution < 1.29 is 13.2 Å². The number of nitriles is 1. The number of hydrogen-bond acceptors (Lipinski definition) is 3. The molecule has 1 atom stereocenters. The molecule has 3 rings (SSSR count). The highest BCUT2D eigenvalue weighted by atomic mass is 35.5. The van der Waals surface area contributed by atoms with E-state index in [1.807, 2.05) is 6.07 Å². The molecule has 0 radical (unpaired) electrons. The van der Waals surface area contributed by atoms with Crippen LogP contribution in [-0.4, -0.2) is 9.97 Å². The molecule has 1 unspecified atom stereocenters. The van der Waals surface area contributed by atoms with Gasteiger partial charge in [-0.3, -0.25) is 0 Å². The zero-order valence-electron chi connectivity index (χ0n) is 13.0. The molecule has 0 spiro atoms. The number of fused-ring (bicyclic) bond motifs is 1. The van der Waals surface area contributed by atoms with Crippen LogP contribution < -0.4 is 0 Å². The molecule has 0 fully saturated rings. The quantitative estimate of drug-likeness (QED) is 0.425. The molecular weight excluding hydrogens is 445 g/mol. The Morgan fingerprint density at radius 1 is 0.889 bits per heavy atom. The van der Waals surface area contributed by atoms with Crippen LogP contribution in [0.4, 0.5) is 13.2 Å². The fourth-order valence-corrected chi connectivity index (χ4v) is 3.32. The number of rotatable bonds is 2. The van der Waals surface area contributed by atoms with Crippen molar-refractivity contribution in [1.29, 1.82) is 5.26 Å². The van der Waals surface area contributed by atoms with Crippen molar-refractivity contribution in [2.45, 2.75) is 12.1 Å². The summed E-state index contributed by atoms with van der Waals surface area (Å²) < 4.78 is 40.8. The highest BCUT2D eigenvalue weighted by molar-refractivity contribution is 6.42. The van der Waals surface area contributed by atoms with Crippen molar-refractivity contribution >= 4 is 57.4 Å². The molecule has 1 aromatic heterocycles. The van der Waals surface area contributed by atoms with Gasteiger partial charge in [0.15, 0.2) is 5.69 Å². The molecule has 0 aliphatic carbocycles. The Morgan fingerprint density at radius 2 is 1.48 bits per heavy atom. The lowest BCUT2D eigenvalue weighted by Gasteiger charge is -2.17. The molecule has 0 amide bonds. The maximum atomic E-state index is 13.6. The average molecular weight is 451 g/mol. The molecular formula is C17H6Cl4F3N3. The minimum atomic E-state index is -4.85. The Morgan fingerprint density at radius 3 is 2.00 bits per heavy atom. The zero-order chi connectivity index (χ0) is 19.9. The first kappa shape index (κ1) is 20.0. The monoisotopic (exact) mass is 449 g/mol. The van der Waals surface area contributed by atoms with Crippen molar-refractivity contribution in [3.8, 4) is 6.07 Å². The standard InChI is InChI=1S/C17H6Cl4F3N3/c18-7-1-2-8(10(19)3-7)9(6-25)15-16(17(22,23)24)27-14-5-12(21)11(20)4-13(14)26-15/h1-5,9H. The minimum Gasteiger partial charge on any atom is -0.247 e. The Bertz CT molecular complexity index is 1090. The molecule has 0 aliphatic heterocycles. The molecule has 0 saturated heterocycles. The van der Waals surface area contributed by atoms with E-state index in [4.69, 9.17) is 46.4 Å². The minimum absolute atomic E-state index is 0.0388. The number of hydrogen-bond donors (Lipinski definition) is 0. The lowest BCUT2D eigenvalue weighted by atomic mass is 9.95. The predicted molar refractivity (Wildman–Crippen MR) is 98.5 cm³/mol. The summed E-state index contributed by atoms with van der Waals surface area (Å²) in [5.74, 6) is -1.42. The molecule has 10 heteroatoms. The summed E-state index contributed by atoms with van der Waals surface area (Å²) >= 11 is 23.7. The maximum absolute atomic E-state index is 13.6. The molecule has 1 heterocycles. The van der Waals surface area contributed by atoms with E-state index < -0.39 is 23.5 Å². The first-order chi connectivity index (χ1) is 12.6. The topological polar surface area (TPSA) is 49.6 Å². The number of halogens is 7. The second-order valence-electron chi connectivity index (χ2n) is 5.44. The van der Waals surface area contributed by atoms with Crippen LogP contribution in [-0.2, 0) is 6.18 Å². The van der Waals surface area contributed by atoms with Crippen molar-refractivity contribution in [2.24, 2.45) is 0 Å². The van der Waals surface area contributed by atoms with E-state index in [2.05, 4.69) is 9.97 Å². The van der Waals surface area contributed by atoms with Gasteiger partial charge in [0.25, 0.3) is 0 Å². The van der Waals surface area contributed by atoms with Gasteiger partial charge in [-0.1, -0.05) is 52.5 Å². The fraction of sp³-hybridized carbons (Fsp3) is 0.118. The lowest BCUT2D eigenvalue weighted by molar-refractivity contribution is -0.141. The van der Waals surface area contributed by atoms with Crippen LogP contribution in [0.1, 0.15) is 22.9 Å². The van der Waals surface area contributed by atoms with Crippen molar-refractivity contribution in [1.82, 2.24) is 9.97 Å². The van der Waals surface area contributed by atoms with Gasteiger partial charge in [-0.25, -0.2) is 9.97 Å². The third kappa shape index (κ3) is 3.92. The van der Waals surface area contributed by atoms with Gasteiger partial charge in [-0.15, -0.1) is 0 Å². The Hall–Kier alpha value is -1.78. The summed E-state index contributed by atoms with van der Waals surface area (Å²) in [5, 5.41) is 10.0. The second kappa shape index (κ2) is 7.33. The van der Waals surface area contributed by atoms with E-state index in [0.717, 1.165) is 0 Å². The molecule has 0 saturated carbocycles. The van der Waals surface area contributed by atoms with Crippen LogP contribution in [0.3, 0.4) is 0 Å².